The summed E-state index contributed by atoms with van der Waals surface area (Å²) < 4.78 is 50.0. The van der Waals surface area contributed by atoms with Gasteiger partial charge in [0.05, 0.1) is 23.1 Å². The molecule has 1 aromatic carbocycles. The number of aromatic nitrogens is 3. The Labute approximate surface area is 178 Å². The Kier molecular flexibility index (Phi) is 4.36. The summed E-state index contributed by atoms with van der Waals surface area (Å²) in [6.45, 7) is -3.05. The van der Waals surface area contributed by atoms with Gasteiger partial charge in [-0.3, -0.25) is 9.48 Å². The smallest absolute Gasteiger partial charge is 0.387 e. The summed E-state index contributed by atoms with van der Waals surface area (Å²) in [6, 6.07) is 0.687. The van der Waals surface area contributed by atoms with E-state index in [9.17, 15) is 23.5 Å². The summed E-state index contributed by atoms with van der Waals surface area (Å²) >= 11 is 0. The number of carbonyl (C=O) groups is 1. The van der Waals surface area contributed by atoms with E-state index >= 15 is 4.39 Å². The van der Waals surface area contributed by atoms with Gasteiger partial charge in [-0.05, 0) is 18.9 Å². The molecule has 0 bridgehead atoms. The number of aromatic carboxylic acids is 1. The Morgan fingerprint density at radius 3 is 2.66 bits per heavy atom. The van der Waals surface area contributed by atoms with Gasteiger partial charge in [0.15, 0.2) is 17.4 Å². The zero-order chi connectivity index (χ0) is 22.9. The van der Waals surface area contributed by atoms with Crippen LogP contribution < -0.4 is 20.8 Å². The highest BCUT2D eigenvalue weighted by atomic mass is 19.3. The summed E-state index contributed by atoms with van der Waals surface area (Å²) in [7, 11) is 1.67. The van der Waals surface area contributed by atoms with Crippen LogP contribution in [0.3, 0.4) is 0 Å². The van der Waals surface area contributed by atoms with Crippen molar-refractivity contribution in [1.29, 1.82) is 0 Å². The molecule has 0 spiro atoms. The van der Waals surface area contributed by atoms with Gasteiger partial charge in [-0.1, -0.05) is 0 Å². The maximum Gasteiger partial charge on any atom is 0.387 e. The Morgan fingerprint density at radius 1 is 1.34 bits per heavy atom. The van der Waals surface area contributed by atoms with Crippen molar-refractivity contribution in [2.24, 2.45) is 7.05 Å². The minimum atomic E-state index is -3.29. The number of hydrogen-bond donors (Lipinski definition) is 2. The number of hydrogen-bond acceptors (Lipinski definition) is 6. The number of halogens is 3. The van der Waals surface area contributed by atoms with Crippen LogP contribution in [0.5, 0.6) is 5.75 Å². The highest BCUT2D eigenvalue weighted by Gasteiger charge is 2.35. The van der Waals surface area contributed by atoms with Gasteiger partial charge in [0.2, 0.25) is 5.43 Å². The van der Waals surface area contributed by atoms with E-state index in [1.807, 2.05) is 0 Å². The fourth-order valence-corrected chi connectivity index (χ4v) is 4.31. The van der Waals surface area contributed by atoms with E-state index in [4.69, 9.17) is 10.5 Å². The number of fused-ring (bicyclic) bond motifs is 2. The van der Waals surface area contributed by atoms with E-state index in [1.54, 1.807) is 7.05 Å². The van der Waals surface area contributed by atoms with Crippen LogP contribution in [-0.2, 0) is 20.1 Å². The molecule has 1 saturated carbocycles. The van der Waals surface area contributed by atoms with E-state index < -0.39 is 35.1 Å². The number of ether oxygens (including phenoxy) is 1. The third-order valence-electron chi connectivity index (χ3n) is 5.89. The molecule has 0 radical (unpaired) electrons. The van der Waals surface area contributed by atoms with Crippen LogP contribution >= 0.6 is 0 Å². The first-order valence-corrected chi connectivity index (χ1v) is 9.82. The zero-order valence-corrected chi connectivity index (χ0v) is 16.8. The van der Waals surface area contributed by atoms with Gasteiger partial charge < -0.3 is 25.0 Å². The second-order valence-corrected chi connectivity index (χ2v) is 7.92. The maximum absolute atomic E-state index is 15.4. The van der Waals surface area contributed by atoms with E-state index in [-0.39, 0.29) is 41.5 Å². The molecule has 0 unspecified atom stereocenters. The Hall–Kier alpha value is -3.70. The Bertz CT molecular complexity index is 1320. The first kappa shape index (κ1) is 20.2. The molecular weight excluding hydrogens is 431 g/mol. The van der Waals surface area contributed by atoms with E-state index in [1.165, 1.54) is 14.1 Å². The van der Waals surface area contributed by atoms with Crippen LogP contribution in [0.2, 0.25) is 0 Å². The van der Waals surface area contributed by atoms with Crippen molar-refractivity contribution >= 4 is 28.4 Å². The molecule has 2 aliphatic rings. The molecule has 1 fully saturated rings. The number of nitrogens with two attached hydrogens (primary N) is 1. The molecule has 1 aliphatic carbocycles. The highest BCUT2D eigenvalue weighted by Crippen LogP contribution is 2.46. The molecule has 5 rings (SSSR count). The lowest BCUT2D eigenvalue weighted by molar-refractivity contribution is -0.0488. The third-order valence-corrected chi connectivity index (χ3v) is 5.89. The average Bonchev–Trinajstić information content (AvgIpc) is 3.39. The minimum absolute atomic E-state index is 0.0544. The van der Waals surface area contributed by atoms with Crippen LogP contribution in [0, 0.1) is 5.82 Å². The molecule has 12 heteroatoms. The van der Waals surface area contributed by atoms with Crippen molar-refractivity contribution in [3.8, 4) is 5.75 Å². The molecule has 0 saturated heterocycles. The SMILES string of the molecule is Cn1nc(N)c2c1CN(c1c(F)cc3c(=O)c(C(=O)O)cn(C4CC4)c3c1OC(F)F)C2. The number of alkyl halides is 2. The molecule has 2 aromatic heterocycles. The summed E-state index contributed by atoms with van der Waals surface area (Å²) in [5, 5.41) is 13.2. The lowest BCUT2D eigenvalue weighted by Crippen LogP contribution is -2.23. The lowest BCUT2D eigenvalue weighted by atomic mass is 10.1. The van der Waals surface area contributed by atoms with Gasteiger partial charge in [0.25, 0.3) is 0 Å². The van der Waals surface area contributed by atoms with Gasteiger partial charge >= 0.3 is 12.6 Å². The number of nitrogen functional groups attached to an aromatic ring is 1. The molecule has 168 valence electrons. The van der Waals surface area contributed by atoms with Gasteiger partial charge in [-0.25, -0.2) is 9.18 Å². The molecule has 3 N–H and O–H groups in total. The number of aryl methyl sites for hydroxylation is 1. The topological polar surface area (TPSA) is 116 Å². The highest BCUT2D eigenvalue weighted by molar-refractivity contribution is 5.97. The standard InChI is InChI=1S/C20H18F3N5O4/c1-26-13-7-27(5-10(13)18(24)25-26)15-12(21)4-9-14(17(15)32-20(22)23)28(8-2-3-8)6-11(16(9)29)19(30)31/h4,6,8,20H,2-3,5,7H2,1H3,(H2,24,25)(H,30,31). The molecule has 3 aromatic rings. The van der Waals surface area contributed by atoms with Crippen LogP contribution in [0.4, 0.5) is 24.7 Å². The maximum atomic E-state index is 15.4. The summed E-state index contributed by atoms with van der Waals surface area (Å²) in [6.07, 6.45) is 2.44. The van der Waals surface area contributed by atoms with Crippen molar-refractivity contribution in [2.45, 2.75) is 38.6 Å². The number of anilines is 2. The van der Waals surface area contributed by atoms with Crippen LogP contribution in [0.25, 0.3) is 10.9 Å². The monoisotopic (exact) mass is 449 g/mol. The Morgan fingerprint density at radius 2 is 2.06 bits per heavy atom. The van der Waals surface area contributed by atoms with Gasteiger partial charge in [-0.15, -0.1) is 0 Å². The second kappa shape index (κ2) is 6.90. The lowest BCUT2D eigenvalue weighted by Gasteiger charge is -2.25. The summed E-state index contributed by atoms with van der Waals surface area (Å²) in [5.41, 5.74) is 5.43. The first-order chi connectivity index (χ1) is 15.2. The summed E-state index contributed by atoms with van der Waals surface area (Å²) in [5.74, 6) is -2.71. The zero-order valence-electron chi connectivity index (χ0n) is 16.8. The normalized spacial score (nSPS) is 15.6. The summed E-state index contributed by atoms with van der Waals surface area (Å²) in [4.78, 5) is 25.8. The fraction of sp³-hybridized carbons (Fsp3) is 0.350. The third kappa shape index (κ3) is 2.97. The fourth-order valence-electron chi connectivity index (χ4n) is 4.31. The molecule has 0 atom stereocenters. The van der Waals surface area contributed by atoms with Crippen LogP contribution in [0.15, 0.2) is 17.1 Å². The van der Waals surface area contributed by atoms with E-state index in [0.29, 0.717) is 24.1 Å². The molecule has 1 aliphatic heterocycles. The molecule has 0 amide bonds. The van der Waals surface area contributed by atoms with Crippen molar-refractivity contribution < 1.29 is 27.8 Å². The quantitative estimate of drug-likeness (QED) is 0.615. The number of rotatable bonds is 5. The number of pyridine rings is 1. The van der Waals surface area contributed by atoms with Gasteiger partial charge in [0.1, 0.15) is 11.3 Å². The predicted octanol–water partition coefficient (Wildman–Crippen LogP) is 2.61. The largest absolute Gasteiger partial charge is 0.477 e. The van der Waals surface area contributed by atoms with Crippen LogP contribution in [0.1, 0.15) is 40.5 Å². The van der Waals surface area contributed by atoms with Crippen molar-refractivity contribution in [3.05, 3.63) is 45.1 Å². The molecule has 9 nitrogen and oxygen atoms in total. The number of benzene rings is 1. The van der Waals surface area contributed by atoms with Crippen molar-refractivity contribution in [3.63, 3.8) is 0 Å². The van der Waals surface area contributed by atoms with Crippen molar-refractivity contribution in [2.75, 3.05) is 10.6 Å². The minimum Gasteiger partial charge on any atom is -0.477 e. The van der Waals surface area contributed by atoms with Crippen LogP contribution in [-0.4, -0.2) is 32.0 Å². The number of carboxylic acid groups (broad SMARTS) is 1. The molecule has 32 heavy (non-hydrogen) atoms. The Balaban J connectivity index is 1.79. The number of nitrogens with zero attached hydrogens (tertiary/aromatic N) is 4. The van der Waals surface area contributed by atoms with Gasteiger partial charge in [-0.2, -0.15) is 13.9 Å². The first-order valence-electron chi connectivity index (χ1n) is 9.82. The van der Waals surface area contributed by atoms with Gasteiger partial charge in [0, 0.05) is 31.4 Å². The van der Waals surface area contributed by atoms with E-state index in [2.05, 4.69) is 5.10 Å². The molecular formula is C20H18F3N5O4. The average molecular weight is 449 g/mol. The molecule has 3 heterocycles. The van der Waals surface area contributed by atoms with Crippen molar-refractivity contribution in [1.82, 2.24) is 14.3 Å². The number of carboxylic acids is 1. The predicted molar refractivity (Wildman–Crippen MR) is 108 cm³/mol. The second-order valence-electron chi connectivity index (χ2n) is 7.92. The van der Waals surface area contributed by atoms with E-state index in [0.717, 1.165) is 12.3 Å².